The second kappa shape index (κ2) is 9.24. The Morgan fingerprint density at radius 1 is 0.875 bits per heavy atom. The van der Waals surface area contributed by atoms with E-state index in [9.17, 15) is 14.4 Å². The fraction of sp³-hybridized carbons (Fsp3) is 0.160. The lowest BCUT2D eigenvalue weighted by Gasteiger charge is -2.27. The second-order valence-electron chi connectivity index (χ2n) is 7.66. The van der Waals surface area contributed by atoms with E-state index >= 15 is 0 Å². The van der Waals surface area contributed by atoms with Crippen molar-refractivity contribution in [1.29, 1.82) is 0 Å². The summed E-state index contributed by atoms with van der Waals surface area (Å²) in [4.78, 5) is 39.9. The summed E-state index contributed by atoms with van der Waals surface area (Å²) in [6.45, 7) is -0.0882. The molecule has 1 unspecified atom stereocenters. The zero-order chi connectivity index (χ0) is 22.6. The van der Waals surface area contributed by atoms with Crippen LogP contribution in [0.1, 0.15) is 16.7 Å². The number of rotatable bonds is 7. The van der Waals surface area contributed by atoms with Crippen LogP contribution in [0.2, 0.25) is 5.02 Å². The summed E-state index contributed by atoms with van der Waals surface area (Å²) in [5, 5.41) is 6.21. The highest BCUT2D eigenvalue weighted by Crippen LogP contribution is 2.32. The van der Waals surface area contributed by atoms with Crippen LogP contribution in [0.5, 0.6) is 0 Å². The van der Waals surface area contributed by atoms with E-state index in [1.807, 2.05) is 60.7 Å². The van der Waals surface area contributed by atoms with E-state index < -0.39 is 23.4 Å². The van der Waals surface area contributed by atoms with E-state index in [0.717, 1.165) is 16.0 Å². The van der Waals surface area contributed by atoms with E-state index in [4.69, 9.17) is 11.6 Å². The molecule has 2 N–H and O–H groups in total. The first-order valence-electron chi connectivity index (χ1n) is 10.2. The van der Waals surface area contributed by atoms with Crippen molar-refractivity contribution >= 4 is 29.4 Å². The zero-order valence-electron chi connectivity index (χ0n) is 17.3. The Labute approximate surface area is 191 Å². The van der Waals surface area contributed by atoms with Crippen LogP contribution in [0.15, 0.2) is 84.9 Å². The first kappa shape index (κ1) is 21.6. The number of benzene rings is 3. The van der Waals surface area contributed by atoms with Crippen molar-refractivity contribution in [1.82, 2.24) is 15.5 Å². The van der Waals surface area contributed by atoms with Gasteiger partial charge < -0.3 is 10.6 Å². The van der Waals surface area contributed by atoms with Gasteiger partial charge in [0.05, 0.1) is 0 Å². The van der Waals surface area contributed by atoms with Crippen LogP contribution in [0.3, 0.4) is 0 Å². The molecule has 32 heavy (non-hydrogen) atoms. The average Bonchev–Trinajstić information content (AvgIpc) is 3.05. The molecule has 0 aromatic heterocycles. The molecular weight excluding hydrogens is 426 g/mol. The van der Waals surface area contributed by atoms with Gasteiger partial charge in [-0.3, -0.25) is 14.5 Å². The maximum atomic E-state index is 13.5. The summed E-state index contributed by atoms with van der Waals surface area (Å²) < 4.78 is 0. The van der Waals surface area contributed by atoms with Gasteiger partial charge in [0.1, 0.15) is 6.54 Å². The number of carbonyl (C=O) groups excluding carboxylic acids is 3. The molecule has 3 aromatic carbocycles. The molecule has 0 radical (unpaired) electrons. The first-order chi connectivity index (χ1) is 15.5. The average molecular weight is 448 g/mol. The highest BCUT2D eigenvalue weighted by atomic mass is 35.5. The number of halogens is 1. The molecule has 3 aromatic rings. The first-order valence-corrected chi connectivity index (χ1v) is 10.6. The van der Waals surface area contributed by atoms with E-state index in [1.54, 1.807) is 24.3 Å². The molecule has 162 valence electrons. The molecule has 1 fully saturated rings. The Hall–Kier alpha value is -3.64. The number of hydrogen-bond acceptors (Lipinski definition) is 3. The molecule has 0 aliphatic carbocycles. The summed E-state index contributed by atoms with van der Waals surface area (Å²) in [7, 11) is 0. The Balaban J connectivity index is 1.53. The molecule has 1 aliphatic heterocycles. The lowest BCUT2D eigenvalue weighted by Crippen LogP contribution is -2.46. The van der Waals surface area contributed by atoms with Crippen molar-refractivity contribution in [2.24, 2.45) is 0 Å². The highest BCUT2D eigenvalue weighted by Gasteiger charge is 2.52. The van der Waals surface area contributed by atoms with Crippen molar-refractivity contribution in [2.45, 2.75) is 18.5 Å². The minimum atomic E-state index is -1.27. The van der Waals surface area contributed by atoms with Crippen molar-refractivity contribution in [3.63, 3.8) is 0 Å². The van der Waals surface area contributed by atoms with Crippen LogP contribution in [-0.2, 0) is 28.1 Å². The van der Waals surface area contributed by atoms with Gasteiger partial charge in [0.25, 0.3) is 5.91 Å². The van der Waals surface area contributed by atoms with Crippen LogP contribution in [-0.4, -0.2) is 29.3 Å². The Bertz CT molecular complexity index is 1120. The molecule has 0 bridgehead atoms. The topological polar surface area (TPSA) is 78.5 Å². The van der Waals surface area contributed by atoms with Crippen LogP contribution in [0.4, 0.5) is 4.79 Å². The van der Waals surface area contributed by atoms with Crippen molar-refractivity contribution in [3.05, 3.63) is 107 Å². The number of hydrogen-bond donors (Lipinski definition) is 2. The lowest BCUT2D eigenvalue weighted by atomic mass is 9.83. The smallest absolute Gasteiger partial charge is 0.325 e. The molecule has 1 aliphatic rings. The third-order valence-corrected chi connectivity index (χ3v) is 5.71. The minimum Gasteiger partial charge on any atom is -0.350 e. The van der Waals surface area contributed by atoms with Crippen LogP contribution < -0.4 is 10.6 Å². The van der Waals surface area contributed by atoms with Gasteiger partial charge in [0.15, 0.2) is 5.54 Å². The summed E-state index contributed by atoms with van der Waals surface area (Å²) in [6, 6.07) is 25.1. The number of nitrogens with one attached hydrogen (secondary N) is 2. The normalized spacial score (nSPS) is 17.8. The van der Waals surface area contributed by atoms with Crippen LogP contribution >= 0.6 is 11.6 Å². The number of amides is 4. The monoisotopic (exact) mass is 447 g/mol. The molecule has 7 heteroatoms. The van der Waals surface area contributed by atoms with Gasteiger partial charge in [0, 0.05) is 18.0 Å². The fourth-order valence-electron chi connectivity index (χ4n) is 3.81. The molecule has 1 saturated heterocycles. The fourth-order valence-corrected chi connectivity index (χ4v) is 3.94. The summed E-state index contributed by atoms with van der Waals surface area (Å²) in [5.74, 6) is -0.869. The Morgan fingerprint density at radius 2 is 1.50 bits per heavy atom. The molecule has 0 saturated carbocycles. The van der Waals surface area contributed by atoms with E-state index in [-0.39, 0.29) is 19.5 Å². The van der Waals surface area contributed by atoms with Gasteiger partial charge in [0.2, 0.25) is 5.91 Å². The molecule has 0 spiro atoms. The van der Waals surface area contributed by atoms with Crippen molar-refractivity contribution < 1.29 is 14.4 Å². The number of carbonyl (C=O) groups is 3. The molecule has 1 atom stereocenters. The second-order valence-corrected chi connectivity index (χ2v) is 8.09. The van der Waals surface area contributed by atoms with E-state index in [2.05, 4.69) is 10.6 Å². The SMILES string of the molecule is O=C(CN1C(=O)NC(Cc2ccccc2)(c2ccccc2)C1=O)NCc1ccc(Cl)cc1. The predicted octanol–water partition coefficient (Wildman–Crippen LogP) is 3.65. The largest absolute Gasteiger partial charge is 0.350 e. The molecule has 1 heterocycles. The summed E-state index contributed by atoms with van der Waals surface area (Å²) in [6.07, 6.45) is 0.283. The van der Waals surface area contributed by atoms with Gasteiger partial charge in [-0.15, -0.1) is 0 Å². The Kier molecular flexibility index (Phi) is 6.23. The van der Waals surface area contributed by atoms with Crippen LogP contribution in [0, 0.1) is 0 Å². The zero-order valence-corrected chi connectivity index (χ0v) is 18.0. The van der Waals surface area contributed by atoms with Crippen LogP contribution in [0.25, 0.3) is 0 Å². The molecular formula is C25H22ClN3O3. The standard InChI is InChI=1S/C25H22ClN3O3/c26-21-13-11-19(12-14-21)16-27-22(30)17-29-23(31)25(28-24(29)32,20-9-5-2-6-10-20)15-18-7-3-1-4-8-18/h1-14H,15-17H2,(H,27,30)(H,28,32). The van der Waals surface area contributed by atoms with E-state index in [1.165, 1.54) is 0 Å². The Morgan fingerprint density at radius 3 is 2.16 bits per heavy atom. The van der Waals surface area contributed by atoms with Crippen molar-refractivity contribution in [2.75, 3.05) is 6.54 Å². The van der Waals surface area contributed by atoms with Gasteiger partial charge in [-0.25, -0.2) is 4.79 Å². The number of urea groups is 1. The predicted molar refractivity (Wildman–Crippen MR) is 122 cm³/mol. The maximum absolute atomic E-state index is 13.5. The van der Waals surface area contributed by atoms with Gasteiger partial charge >= 0.3 is 6.03 Å². The number of nitrogens with zero attached hydrogens (tertiary/aromatic N) is 1. The summed E-state index contributed by atoms with van der Waals surface area (Å²) in [5.41, 5.74) is 1.17. The number of imide groups is 1. The third kappa shape index (κ3) is 4.50. The lowest BCUT2D eigenvalue weighted by molar-refractivity contribution is -0.135. The van der Waals surface area contributed by atoms with Crippen molar-refractivity contribution in [3.8, 4) is 0 Å². The maximum Gasteiger partial charge on any atom is 0.325 e. The van der Waals surface area contributed by atoms with Gasteiger partial charge in [-0.2, -0.15) is 0 Å². The molecule has 4 rings (SSSR count). The van der Waals surface area contributed by atoms with E-state index in [0.29, 0.717) is 10.6 Å². The highest BCUT2D eigenvalue weighted by molar-refractivity contribution is 6.30. The summed E-state index contributed by atoms with van der Waals surface area (Å²) >= 11 is 5.88. The quantitative estimate of drug-likeness (QED) is 0.543. The molecule has 6 nitrogen and oxygen atoms in total. The third-order valence-electron chi connectivity index (χ3n) is 5.46. The van der Waals surface area contributed by atoms with Gasteiger partial charge in [-0.1, -0.05) is 84.4 Å². The minimum absolute atomic E-state index is 0.271. The van der Waals surface area contributed by atoms with Gasteiger partial charge in [-0.05, 0) is 28.8 Å². The molecule has 4 amide bonds.